The molecular weight excluding hydrogens is 420 g/mol. The molecule has 0 unspecified atom stereocenters. The molecule has 0 radical (unpaired) electrons. The minimum Gasteiger partial charge on any atom is -0.426 e. The van der Waals surface area contributed by atoms with Gasteiger partial charge in [-0.3, -0.25) is 9.59 Å². The fraction of sp³-hybridized carbons (Fsp3) is 0.548. The highest BCUT2D eigenvalue weighted by Crippen LogP contribution is 2.31. The van der Waals surface area contributed by atoms with Crippen molar-refractivity contribution >= 4 is 11.8 Å². The molecule has 0 N–H and O–H groups in total. The third-order valence-electron chi connectivity index (χ3n) is 7.17. The highest BCUT2D eigenvalue weighted by atomic mass is 16.5. The Hall–Kier alpha value is -2.42. The smallest absolute Gasteiger partial charge is 0.314 e. The molecule has 0 saturated heterocycles. The zero-order valence-electron chi connectivity index (χ0n) is 21.2. The van der Waals surface area contributed by atoms with Gasteiger partial charge in [0.2, 0.25) is 0 Å². The number of hydrogen-bond donors (Lipinski definition) is 0. The Morgan fingerprint density at radius 3 is 1.88 bits per heavy atom. The summed E-state index contributed by atoms with van der Waals surface area (Å²) in [5.74, 6) is 0.740. The fourth-order valence-corrected chi connectivity index (χ4v) is 4.97. The van der Waals surface area contributed by atoms with Crippen molar-refractivity contribution in [3.63, 3.8) is 0 Å². The molecule has 1 aliphatic carbocycles. The van der Waals surface area contributed by atoms with E-state index in [0.29, 0.717) is 18.0 Å². The van der Waals surface area contributed by atoms with Gasteiger partial charge in [0.05, 0.1) is 5.92 Å². The van der Waals surface area contributed by atoms with Crippen LogP contribution in [0.2, 0.25) is 0 Å². The zero-order valence-corrected chi connectivity index (χ0v) is 21.2. The molecule has 0 atom stereocenters. The van der Waals surface area contributed by atoms with Gasteiger partial charge < -0.3 is 4.74 Å². The second-order valence-corrected chi connectivity index (χ2v) is 9.99. The van der Waals surface area contributed by atoms with Crippen LogP contribution < -0.4 is 4.74 Å². The van der Waals surface area contributed by atoms with Gasteiger partial charge in [0.25, 0.3) is 0 Å². The summed E-state index contributed by atoms with van der Waals surface area (Å²) >= 11 is 0. The SMILES string of the molecule is CCCCCCCc1ccc(CC(=O)C2CCC(C(=O)Oc3ccc(CCC)cc3)CC2)cc1. The van der Waals surface area contributed by atoms with E-state index in [1.54, 1.807) is 0 Å². The van der Waals surface area contributed by atoms with Crippen molar-refractivity contribution in [1.82, 2.24) is 0 Å². The lowest BCUT2D eigenvalue weighted by Crippen LogP contribution is -2.29. The number of ketones is 1. The number of esters is 1. The first-order valence-electron chi connectivity index (χ1n) is 13.5. The molecule has 1 saturated carbocycles. The number of ether oxygens (including phenoxy) is 1. The van der Waals surface area contributed by atoms with E-state index in [1.807, 2.05) is 24.3 Å². The van der Waals surface area contributed by atoms with Crippen LogP contribution in [-0.4, -0.2) is 11.8 Å². The van der Waals surface area contributed by atoms with Crippen LogP contribution in [0.1, 0.15) is 94.7 Å². The van der Waals surface area contributed by atoms with Gasteiger partial charge in [0, 0.05) is 12.3 Å². The van der Waals surface area contributed by atoms with Crippen molar-refractivity contribution in [1.29, 1.82) is 0 Å². The number of unbranched alkanes of at least 4 members (excludes halogenated alkanes) is 4. The Morgan fingerprint density at radius 1 is 0.676 bits per heavy atom. The molecule has 2 aromatic rings. The molecular formula is C31H42O3. The van der Waals surface area contributed by atoms with Crippen LogP contribution in [0.3, 0.4) is 0 Å². The lowest BCUT2D eigenvalue weighted by molar-refractivity contribution is -0.141. The Balaban J connectivity index is 1.38. The average Bonchev–Trinajstić information content (AvgIpc) is 2.86. The lowest BCUT2D eigenvalue weighted by atomic mass is 9.79. The maximum atomic E-state index is 12.9. The zero-order chi connectivity index (χ0) is 24.2. The van der Waals surface area contributed by atoms with Crippen LogP contribution in [0, 0.1) is 11.8 Å². The van der Waals surface area contributed by atoms with E-state index in [1.165, 1.54) is 43.2 Å². The molecule has 1 fully saturated rings. The van der Waals surface area contributed by atoms with Crippen LogP contribution in [0.5, 0.6) is 5.75 Å². The summed E-state index contributed by atoms with van der Waals surface area (Å²) in [5.41, 5.74) is 3.73. The number of carbonyl (C=O) groups is 2. The standard InChI is InChI=1S/C31H42O3/c1-3-5-6-7-8-10-25-11-13-26(14-12-25)23-30(32)27-17-19-28(20-18-27)31(33)34-29-21-15-24(9-4-2)16-22-29/h11-16,21-22,27-28H,3-10,17-20,23H2,1-2H3. The predicted molar refractivity (Wildman–Crippen MR) is 139 cm³/mol. The average molecular weight is 463 g/mol. The van der Waals surface area contributed by atoms with E-state index in [4.69, 9.17) is 4.74 Å². The quantitative estimate of drug-likeness (QED) is 0.174. The topological polar surface area (TPSA) is 43.4 Å². The summed E-state index contributed by atoms with van der Waals surface area (Å²) in [6.07, 6.45) is 13.3. The largest absolute Gasteiger partial charge is 0.426 e. The van der Waals surface area contributed by atoms with E-state index in [2.05, 4.69) is 38.1 Å². The Bertz CT molecular complexity index is 874. The monoisotopic (exact) mass is 462 g/mol. The van der Waals surface area contributed by atoms with Crippen molar-refractivity contribution in [2.45, 2.75) is 97.3 Å². The van der Waals surface area contributed by atoms with Gasteiger partial charge in [-0.2, -0.15) is 0 Å². The molecule has 0 spiro atoms. The third kappa shape index (κ3) is 8.42. The summed E-state index contributed by atoms with van der Waals surface area (Å²) in [6, 6.07) is 16.4. The van der Waals surface area contributed by atoms with Gasteiger partial charge in [0.1, 0.15) is 11.5 Å². The maximum absolute atomic E-state index is 12.9. The van der Waals surface area contributed by atoms with E-state index < -0.39 is 0 Å². The number of rotatable bonds is 13. The van der Waals surface area contributed by atoms with Crippen LogP contribution in [-0.2, 0) is 28.9 Å². The van der Waals surface area contributed by atoms with Crippen LogP contribution in [0.4, 0.5) is 0 Å². The first kappa shape index (κ1) is 26.2. The Morgan fingerprint density at radius 2 is 1.24 bits per heavy atom. The van der Waals surface area contributed by atoms with E-state index >= 15 is 0 Å². The van der Waals surface area contributed by atoms with Gasteiger partial charge >= 0.3 is 5.97 Å². The molecule has 3 heteroatoms. The molecule has 184 valence electrons. The number of aryl methyl sites for hydroxylation is 2. The Labute approximate surface area is 206 Å². The van der Waals surface area contributed by atoms with Crippen LogP contribution >= 0.6 is 0 Å². The second-order valence-electron chi connectivity index (χ2n) is 9.99. The first-order chi connectivity index (χ1) is 16.6. The summed E-state index contributed by atoms with van der Waals surface area (Å²) in [6.45, 7) is 4.40. The van der Waals surface area contributed by atoms with Gasteiger partial charge in [-0.05, 0) is 73.8 Å². The van der Waals surface area contributed by atoms with Crippen molar-refractivity contribution in [2.75, 3.05) is 0 Å². The molecule has 0 aliphatic heterocycles. The molecule has 0 bridgehead atoms. The Kier molecular flexibility index (Phi) is 10.9. The van der Waals surface area contributed by atoms with Crippen molar-refractivity contribution < 1.29 is 14.3 Å². The minimum absolute atomic E-state index is 0.0654. The summed E-state index contributed by atoms with van der Waals surface area (Å²) < 4.78 is 5.61. The maximum Gasteiger partial charge on any atom is 0.314 e. The molecule has 2 aromatic carbocycles. The van der Waals surface area contributed by atoms with Crippen molar-refractivity contribution in [3.05, 3.63) is 65.2 Å². The number of carbonyl (C=O) groups excluding carboxylic acids is 2. The molecule has 3 nitrogen and oxygen atoms in total. The van der Waals surface area contributed by atoms with Gasteiger partial charge in [-0.25, -0.2) is 0 Å². The molecule has 0 heterocycles. The lowest BCUT2D eigenvalue weighted by Gasteiger charge is -2.26. The van der Waals surface area contributed by atoms with Crippen molar-refractivity contribution in [2.24, 2.45) is 11.8 Å². The van der Waals surface area contributed by atoms with Crippen LogP contribution in [0.15, 0.2) is 48.5 Å². The second kappa shape index (κ2) is 14.1. The number of hydrogen-bond acceptors (Lipinski definition) is 3. The molecule has 1 aliphatic rings. The van der Waals surface area contributed by atoms with Gasteiger partial charge in [0.15, 0.2) is 0 Å². The summed E-state index contributed by atoms with van der Waals surface area (Å²) in [7, 11) is 0. The van der Waals surface area contributed by atoms with E-state index in [0.717, 1.165) is 50.5 Å². The van der Waals surface area contributed by atoms with Gasteiger partial charge in [-0.15, -0.1) is 0 Å². The normalized spacial score (nSPS) is 17.9. The summed E-state index contributed by atoms with van der Waals surface area (Å²) in [5, 5.41) is 0. The van der Waals surface area contributed by atoms with Gasteiger partial charge in [-0.1, -0.05) is 82.3 Å². The molecule has 0 aromatic heterocycles. The summed E-state index contributed by atoms with van der Waals surface area (Å²) in [4.78, 5) is 25.5. The minimum atomic E-state index is -0.153. The predicted octanol–water partition coefficient (Wildman–Crippen LogP) is 7.68. The van der Waals surface area contributed by atoms with E-state index in [-0.39, 0.29) is 17.8 Å². The number of Topliss-reactive ketones (excluding diaryl/α,β-unsaturated/α-hetero) is 1. The first-order valence-corrected chi connectivity index (χ1v) is 13.5. The highest BCUT2D eigenvalue weighted by molar-refractivity contribution is 5.84. The molecule has 0 amide bonds. The van der Waals surface area contributed by atoms with Crippen molar-refractivity contribution in [3.8, 4) is 5.75 Å². The number of benzene rings is 2. The highest BCUT2D eigenvalue weighted by Gasteiger charge is 2.30. The third-order valence-corrected chi connectivity index (χ3v) is 7.17. The molecule has 3 rings (SSSR count). The molecule has 34 heavy (non-hydrogen) atoms. The fourth-order valence-electron chi connectivity index (χ4n) is 4.97. The van der Waals surface area contributed by atoms with Crippen LogP contribution in [0.25, 0.3) is 0 Å². The van der Waals surface area contributed by atoms with E-state index in [9.17, 15) is 9.59 Å².